The van der Waals surface area contributed by atoms with E-state index < -0.39 is 37.6 Å². The van der Waals surface area contributed by atoms with Crippen molar-refractivity contribution in [2.45, 2.75) is 0 Å². The number of nitro groups is 3. The van der Waals surface area contributed by atoms with Gasteiger partial charge in [0.15, 0.2) is 0 Å². The van der Waals surface area contributed by atoms with Gasteiger partial charge in [0.25, 0.3) is 0 Å². The fourth-order valence-corrected chi connectivity index (χ4v) is 1.07. The molecule has 2 radical (unpaired) electrons. The Labute approximate surface area is 112 Å². The summed E-state index contributed by atoms with van der Waals surface area (Å²) in [5.41, 5.74) is -3.68. The summed E-state index contributed by atoms with van der Waals surface area (Å²) in [5, 5.41) is 40.4. The van der Waals surface area contributed by atoms with E-state index in [1.165, 1.54) is 0 Å². The molecule has 0 amide bonds. The molecule has 0 fully saturated rings. The Bertz CT molecular complexity index is 503. The van der Waals surface area contributed by atoms with Crippen LogP contribution >= 0.6 is 0 Å². The quantitative estimate of drug-likeness (QED) is 0.402. The molecule has 11 heteroatoms. The Kier molecular flexibility index (Phi) is 4.87. The standard InChI is InChI=1S/C6H3N3O7.Pb.2H/c10-4-2-1-3(7(11)12)5(8(13)14)6(4)9(15)16;;;/h1-2,10H;;;. The van der Waals surface area contributed by atoms with E-state index in [0.29, 0.717) is 12.1 Å². The molecule has 0 aliphatic rings. The summed E-state index contributed by atoms with van der Waals surface area (Å²) in [5.74, 6) is -0.998. The van der Waals surface area contributed by atoms with E-state index in [1.54, 1.807) is 0 Å². The molecule has 0 aromatic heterocycles. The first-order chi connectivity index (χ1) is 7.36. The van der Waals surface area contributed by atoms with Crippen molar-refractivity contribution in [3.63, 3.8) is 0 Å². The van der Waals surface area contributed by atoms with E-state index in [1.807, 2.05) is 0 Å². The van der Waals surface area contributed by atoms with Gasteiger partial charge in [-0.15, -0.1) is 0 Å². The van der Waals surface area contributed by atoms with E-state index in [0.717, 1.165) is 0 Å². The fraction of sp³-hybridized carbons (Fsp3) is 0. The van der Waals surface area contributed by atoms with Crippen molar-refractivity contribution in [3.05, 3.63) is 42.5 Å². The summed E-state index contributed by atoms with van der Waals surface area (Å²) in [6, 6.07) is 1.28. The summed E-state index contributed by atoms with van der Waals surface area (Å²) in [6.45, 7) is 0. The van der Waals surface area contributed by atoms with Crippen molar-refractivity contribution >= 4 is 44.4 Å². The van der Waals surface area contributed by atoms with Crippen LogP contribution in [0, 0.1) is 30.3 Å². The van der Waals surface area contributed by atoms with Crippen LogP contribution in [0.15, 0.2) is 12.1 Å². The average molecular weight is 438 g/mol. The van der Waals surface area contributed by atoms with Gasteiger partial charge in [0.05, 0.1) is 14.8 Å². The second kappa shape index (κ2) is 5.46. The van der Waals surface area contributed by atoms with E-state index >= 15 is 0 Å². The molecule has 0 saturated carbocycles. The molecule has 0 bridgehead atoms. The Morgan fingerprint density at radius 1 is 0.882 bits per heavy atom. The van der Waals surface area contributed by atoms with Gasteiger partial charge in [0.2, 0.25) is 5.75 Å². The van der Waals surface area contributed by atoms with Gasteiger partial charge in [-0.2, -0.15) is 0 Å². The summed E-state index contributed by atoms with van der Waals surface area (Å²) < 4.78 is 0. The number of rotatable bonds is 3. The van der Waals surface area contributed by atoms with Crippen LogP contribution in [0.3, 0.4) is 0 Å². The number of phenolic OH excluding ortho intramolecular Hbond substituents is 1. The van der Waals surface area contributed by atoms with Crippen LogP contribution in [0.25, 0.3) is 0 Å². The molecular formula is C6H5N3O7Pb. The van der Waals surface area contributed by atoms with Gasteiger partial charge in [0.1, 0.15) is 0 Å². The summed E-state index contributed by atoms with van der Waals surface area (Å²) in [4.78, 5) is 27.7. The fourth-order valence-electron chi connectivity index (χ4n) is 1.07. The van der Waals surface area contributed by atoms with Crippen LogP contribution in [0.5, 0.6) is 5.75 Å². The number of hydrogen-bond acceptors (Lipinski definition) is 7. The molecule has 0 heterocycles. The van der Waals surface area contributed by atoms with E-state index in [2.05, 4.69) is 0 Å². The minimum absolute atomic E-state index is 0. The zero-order valence-electron chi connectivity index (χ0n) is 8.10. The van der Waals surface area contributed by atoms with Crippen LogP contribution in [0.1, 0.15) is 0 Å². The van der Waals surface area contributed by atoms with Crippen LogP contribution in [0.4, 0.5) is 17.1 Å². The molecule has 1 rings (SSSR count). The molecule has 0 saturated heterocycles. The number of hydrogen-bond donors (Lipinski definition) is 1. The first kappa shape index (κ1) is 15.1. The number of nitro benzene ring substituents is 3. The molecule has 10 nitrogen and oxygen atoms in total. The number of nitrogens with zero attached hydrogens (tertiary/aromatic N) is 3. The van der Waals surface area contributed by atoms with Gasteiger partial charge in [-0.1, -0.05) is 0 Å². The molecule has 0 aliphatic heterocycles. The molecule has 1 aromatic rings. The molecule has 0 spiro atoms. The van der Waals surface area contributed by atoms with Gasteiger partial charge in [0, 0.05) is 6.07 Å². The molecular weight excluding hydrogens is 433 g/mol. The molecule has 0 unspecified atom stereocenters. The van der Waals surface area contributed by atoms with E-state index in [-0.39, 0.29) is 27.3 Å². The normalized spacial score (nSPS) is 9.18. The third kappa shape index (κ3) is 2.83. The number of benzene rings is 1. The third-order valence-corrected chi connectivity index (χ3v) is 1.67. The van der Waals surface area contributed by atoms with Crippen LogP contribution in [0.2, 0.25) is 0 Å². The maximum atomic E-state index is 10.5. The summed E-state index contributed by atoms with van der Waals surface area (Å²) in [6.07, 6.45) is 0. The zero-order valence-corrected chi connectivity index (χ0v) is 13.6. The molecule has 17 heavy (non-hydrogen) atoms. The second-order valence-electron chi connectivity index (χ2n) is 2.57. The van der Waals surface area contributed by atoms with Crippen LogP contribution < -0.4 is 0 Å². The van der Waals surface area contributed by atoms with Crippen molar-refractivity contribution in [2.75, 3.05) is 0 Å². The van der Waals surface area contributed by atoms with Crippen molar-refractivity contribution in [1.29, 1.82) is 0 Å². The first-order valence-corrected chi connectivity index (χ1v) is 3.65. The zero-order chi connectivity index (χ0) is 12.5. The Morgan fingerprint density at radius 2 is 1.35 bits per heavy atom. The van der Waals surface area contributed by atoms with Gasteiger partial charge in [-0.05, 0) is 6.07 Å². The van der Waals surface area contributed by atoms with Crippen LogP contribution in [-0.4, -0.2) is 47.2 Å². The Hall–Kier alpha value is -1.86. The first-order valence-electron chi connectivity index (χ1n) is 3.65. The van der Waals surface area contributed by atoms with Gasteiger partial charge < -0.3 is 5.11 Å². The van der Waals surface area contributed by atoms with Crippen LogP contribution in [-0.2, 0) is 0 Å². The number of aromatic hydroxyl groups is 1. The third-order valence-electron chi connectivity index (χ3n) is 1.67. The van der Waals surface area contributed by atoms with Crippen molar-refractivity contribution in [3.8, 4) is 5.75 Å². The Balaban J connectivity index is 0.00000256. The molecule has 1 aromatic carbocycles. The predicted molar refractivity (Wildman–Crippen MR) is 56.6 cm³/mol. The Morgan fingerprint density at radius 3 is 1.71 bits per heavy atom. The van der Waals surface area contributed by atoms with E-state index in [4.69, 9.17) is 5.11 Å². The number of phenols is 1. The maximum absolute atomic E-state index is 10.5. The minimum atomic E-state index is -1.34. The van der Waals surface area contributed by atoms with Gasteiger partial charge in [-0.3, -0.25) is 30.3 Å². The van der Waals surface area contributed by atoms with Crippen molar-refractivity contribution in [1.82, 2.24) is 0 Å². The SMILES string of the molecule is O=[N+]([O-])c1ccc(O)c([N+](=O)[O-])c1[N+](=O)[O-].[PbH2]. The van der Waals surface area contributed by atoms with Gasteiger partial charge >= 0.3 is 44.4 Å². The molecule has 90 valence electrons. The summed E-state index contributed by atoms with van der Waals surface area (Å²) >= 11 is 0. The van der Waals surface area contributed by atoms with Gasteiger partial charge in [-0.25, -0.2) is 0 Å². The van der Waals surface area contributed by atoms with Crippen molar-refractivity contribution < 1.29 is 19.9 Å². The predicted octanol–water partition coefficient (Wildman–Crippen LogP) is 0.201. The molecule has 1 N–H and O–H groups in total. The van der Waals surface area contributed by atoms with E-state index in [9.17, 15) is 30.3 Å². The second-order valence-corrected chi connectivity index (χ2v) is 2.57. The topological polar surface area (TPSA) is 150 Å². The average Bonchev–Trinajstić information content (AvgIpc) is 2.15. The summed E-state index contributed by atoms with van der Waals surface area (Å²) in [7, 11) is 0. The molecule has 0 atom stereocenters. The molecule has 0 aliphatic carbocycles. The van der Waals surface area contributed by atoms with Crippen molar-refractivity contribution in [2.24, 2.45) is 0 Å². The monoisotopic (exact) mass is 439 g/mol.